The van der Waals surface area contributed by atoms with Crippen LogP contribution < -0.4 is 15.4 Å². The molecule has 1 saturated heterocycles. The van der Waals surface area contributed by atoms with Crippen molar-refractivity contribution in [3.05, 3.63) is 51.8 Å². The SMILES string of the molecule is COc1ccccc1NC(=O)CN1C(=O)N/C(=C\c2ccc(C)s2)C1=O. The second-order valence-corrected chi connectivity index (χ2v) is 6.90. The molecule has 0 atom stereocenters. The number of nitrogens with zero attached hydrogens (tertiary/aromatic N) is 1. The molecule has 2 aromatic rings. The number of para-hydroxylation sites is 2. The lowest BCUT2D eigenvalue weighted by atomic mass is 10.3. The minimum absolute atomic E-state index is 0.155. The molecule has 1 aliphatic rings. The van der Waals surface area contributed by atoms with Gasteiger partial charge in [-0.2, -0.15) is 0 Å². The number of benzene rings is 1. The maximum absolute atomic E-state index is 12.4. The molecule has 2 heterocycles. The van der Waals surface area contributed by atoms with Crippen LogP contribution in [0, 0.1) is 6.92 Å². The fourth-order valence-electron chi connectivity index (χ4n) is 2.47. The maximum atomic E-state index is 12.4. The number of anilines is 1. The molecule has 1 fully saturated rings. The van der Waals surface area contributed by atoms with Crippen molar-refractivity contribution in [1.29, 1.82) is 0 Å². The van der Waals surface area contributed by atoms with Crippen molar-refractivity contribution >= 4 is 40.9 Å². The van der Waals surface area contributed by atoms with Crippen LogP contribution in [-0.4, -0.2) is 36.4 Å². The zero-order chi connectivity index (χ0) is 18.7. The van der Waals surface area contributed by atoms with E-state index >= 15 is 0 Å². The topological polar surface area (TPSA) is 87.7 Å². The fraction of sp³-hybridized carbons (Fsp3) is 0.167. The van der Waals surface area contributed by atoms with Gasteiger partial charge < -0.3 is 15.4 Å². The van der Waals surface area contributed by atoms with Gasteiger partial charge >= 0.3 is 6.03 Å². The number of hydrogen-bond acceptors (Lipinski definition) is 5. The fourth-order valence-corrected chi connectivity index (χ4v) is 3.29. The number of urea groups is 1. The van der Waals surface area contributed by atoms with Crippen molar-refractivity contribution in [2.45, 2.75) is 6.92 Å². The summed E-state index contributed by atoms with van der Waals surface area (Å²) in [5.74, 6) is -0.533. The Morgan fingerprint density at radius 3 is 2.73 bits per heavy atom. The van der Waals surface area contributed by atoms with Gasteiger partial charge in [0.1, 0.15) is 18.0 Å². The summed E-state index contributed by atoms with van der Waals surface area (Å²) >= 11 is 1.51. The lowest BCUT2D eigenvalue weighted by Gasteiger charge is -2.13. The number of thiophene rings is 1. The molecule has 134 valence electrons. The molecule has 7 nitrogen and oxygen atoms in total. The molecule has 3 rings (SSSR count). The quantitative estimate of drug-likeness (QED) is 0.625. The molecule has 4 amide bonds. The molecule has 0 saturated carbocycles. The Morgan fingerprint density at radius 2 is 2.04 bits per heavy atom. The maximum Gasteiger partial charge on any atom is 0.329 e. The van der Waals surface area contributed by atoms with Crippen molar-refractivity contribution in [3.8, 4) is 5.75 Å². The molecule has 0 aliphatic carbocycles. The molecular formula is C18H17N3O4S. The minimum atomic E-state index is -0.621. The normalized spacial score (nSPS) is 15.3. The molecular weight excluding hydrogens is 354 g/mol. The molecule has 1 aliphatic heterocycles. The van der Waals surface area contributed by atoms with E-state index in [9.17, 15) is 14.4 Å². The van der Waals surface area contributed by atoms with Gasteiger partial charge in [-0.15, -0.1) is 11.3 Å². The smallest absolute Gasteiger partial charge is 0.329 e. The third-order valence-electron chi connectivity index (χ3n) is 3.69. The number of nitrogens with one attached hydrogen (secondary N) is 2. The van der Waals surface area contributed by atoms with Gasteiger partial charge in [0.25, 0.3) is 5.91 Å². The van der Waals surface area contributed by atoms with Gasteiger partial charge in [0.05, 0.1) is 12.8 Å². The van der Waals surface area contributed by atoms with Gasteiger partial charge in [-0.05, 0) is 37.3 Å². The summed E-state index contributed by atoms with van der Waals surface area (Å²) in [6.45, 7) is 1.57. The number of methoxy groups -OCH3 is 1. The van der Waals surface area contributed by atoms with E-state index in [0.29, 0.717) is 11.4 Å². The summed E-state index contributed by atoms with van der Waals surface area (Å²) in [6, 6.07) is 10.1. The molecule has 0 bridgehead atoms. The van der Waals surface area contributed by atoms with Crippen LogP contribution in [0.25, 0.3) is 6.08 Å². The Labute approximate surface area is 154 Å². The number of imide groups is 1. The zero-order valence-corrected chi connectivity index (χ0v) is 15.1. The average molecular weight is 371 g/mol. The van der Waals surface area contributed by atoms with Crippen LogP contribution in [0.15, 0.2) is 42.1 Å². The first-order valence-electron chi connectivity index (χ1n) is 7.82. The Kier molecular flexibility index (Phi) is 5.04. The minimum Gasteiger partial charge on any atom is -0.495 e. The predicted molar refractivity (Wildman–Crippen MR) is 98.9 cm³/mol. The summed E-state index contributed by atoms with van der Waals surface area (Å²) in [7, 11) is 1.49. The number of ether oxygens (including phenoxy) is 1. The van der Waals surface area contributed by atoms with Crippen molar-refractivity contribution in [3.63, 3.8) is 0 Å². The summed E-state index contributed by atoms with van der Waals surface area (Å²) in [6.07, 6.45) is 1.61. The van der Waals surface area contributed by atoms with E-state index in [4.69, 9.17) is 4.74 Å². The van der Waals surface area contributed by atoms with Gasteiger partial charge in [0.2, 0.25) is 5.91 Å². The first-order chi connectivity index (χ1) is 12.5. The van der Waals surface area contributed by atoms with Crippen molar-refractivity contribution in [1.82, 2.24) is 10.2 Å². The first kappa shape index (κ1) is 17.7. The third kappa shape index (κ3) is 3.75. The van der Waals surface area contributed by atoms with Crippen LogP contribution in [0.5, 0.6) is 5.75 Å². The van der Waals surface area contributed by atoms with E-state index in [0.717, 1.165) is 14.7 Å². The zero-order valence-electron chi connectivity index (χ0n) is 14.2. The Bertz CT molecular complexity index is 903. The van der Waals surface area contributed by atoms with Crippen molar-refractivity contribution in [2.24, 2.45) is 0 Å². The standard InChI is InChI=1S/C18H17N3O4S/c1-11-7-8-12(26-11)9-14-17(23)21(18(24)20-14)10-16(22)19-13-5-3-4-6-15(13)25-2/h3-9H,10H2,1-2H3,(H,19,22)(H,20,24)/b14-9-. The molecule has 0 radical (unpaired) electrons. The third-order valence-corrected chi connectivity index (χ3v) is 4.64. The Balaban J connectivity index is 1.69. The van der Waals surface area contributed by atoms with E-state index in [2.05, 4.69) is 10.6 Å². The monoisotopic (exact) mass is 371 g/mol. The van der Waals surface area contributed by atoms with Crippen molar-refractivity contribution < 1.29 is 19.1 Å². The molecule has 8 heteroatoms. The number of hydrogen-bond donors (Lipinski definition) is 2. The molecule has 26 heavy (non-hydrogen) atoms. The number of aryl methyl sites for hydroxylation is 1. The van der Waals surface area contributed by atoms with Gasteiger partial charge in [0, 0.05) is 9.75 Å². The number of carbonyl (C=O) groups is 3. The van der Waals surface area contributed by atoms with Crippen molar-refractivity contribution in [2.75, 3.05) is 19.0 Å². The van der Waals surface area contributed by atoms with Gasteiger partial charge in [-0.1, -0.05) is 12.1 Å². The highest BCUT2D eigenvalue weighted by Crippen LogP contribution is 2.23. The molecule has 0 spiro atoms. The Morgan fingerprint density at radius 1 is 1.27 bits per heavy atom. The summed E-state index contributed by atoms with van der Waals surface area (Å²) in [5, 5.41) is 5.15. The molecule has 1 aromatic heterocycles. The van der Waals surface area contributed by atoms with E-state index in [1.54, 1.807) is 30.3 Å². The summed E-state index contributed by atoms with van der Waals surface area (Å²) in [4.78, 5) is 39.5. The summed E-state index contributed by atoms with van der Waals surface area (Å²) < 4.78 is 5.16. The second kappa shape index (κ2) is 7.40. The van der Waals surface area contributed by atoms with Crippen LogP contribution in [0.1, 0.15) is 9.75 Å². The van der Waals surface area contributed by atoms with E-state index in [-0.39, 0.29) is 12.2 Å². The van der Waals surface area contributed by atoms with Gasteiger partial charge in [-0.25, -0.2) is 9.69 Å². The molecule has 2 N–H and O–H groups in total. The lowest BCUT2D eigenvalue weighted by Crippen LogP contribution is -2.38. The van der Waals surface area contributed by atoms with Crippen LogP contribution in [-0.2, 0) is 9.59 Å². The second-order valence-electron chi connectivity index (χ2n) is 5.58. The Hall–Kier alpha value is -3.13. The highest BCUT2D eigenvalue weighted by Gasteiger charge is 2.35. The van der Waals surface area contributed by atoms with Crippen LogP contribution in [0.3, 0.4) is 0 Å². The van der Waals surface area contributed by atoms with Crippen LogP contribution in [0.2, 0.25) is 0 Å². The average Bonchev–Trinajstić information content (AvgIpc) is 3.13. The summed E-state index contributed by atoms with van der Waals surface area (Å²) in [5.41, 5.74) is 0.624. The lowest BCUT2D eigenvalue weighted by molar-refractivity contribution is -0.127. The highest BCUT2D eigenvalue weighted by molar-refractivity contribution is 7.12. The predicted octanol–water partition coefficient (Wildman–Crippen LogP) is 2.60. The molecule has 0 unspecified atom stereocenters. The number of amides is 4. The van der Waals surface area contributed by atoms with Gasteiger partial charge in [-0.3, -0.25) is 9.59 Å². The molecule has 1 aromatic carbocycles. The van der Waals surface area contributed by atoms with Crippen LogP contribution in [0.4, 0.5) is 10.5 Å². The number of carbonyl (C=O) groups excluding carboxylic acids is 3. The first-order valence-corrected chi connectivity index (χ1v) is 8.63. The van der Waals surface area contributed by atoms with Gasteiger partial charge in [0.15, 0.2) is 0 Å². The largest absolute Gasteiger partial charge is 0.495 e. The van der Waals surface area contributed by atoms with E-state index in [1.165, 1.54) is 18.4 Å². The van der Waals surface area contributed by atoms with E-state index in [1.807, 2.05) is 19.1 Å². The van der Waals surface area contributed by atoms with E-state index < -0.39 is 17.8 Å². The van der Waals surface area contributed by atoms with Crippen LogP contribution >= 0.6 is 11.3 Å². The number of rotatable bonds is 5. The highest BCUT2D eigenvalue weighted by atomic mass is 32.1.